The summed E-state index contributed by atoms with van der Waals surface area (Å²) in [5.41, 5.74) is 3.39. The minimum Gasteiger partial charge on any atom is -0.309 e. The van der Waals surface area contributed by atoms with Crippen molar-refractivity contribution in [3.8, 4) is 0 Å². The minimum absolute atomic E-state index is 0.377. The lowest BCUT2D eigenvalue weighted by molar-refractivity contribution is 0.762. The quantitative estimate of drug-likeness (QED) is 0.828. The molecule has 0 aliphatic carbocycles. The number of hydrogen-bond acceptors (Lipinski definition) is 2. The SMILES string of the molecule is c1ccc(N=C(c2ccccc2)C2CCCN2)cc1. The zero-order chi connectivity index (χ0) is 12.9. The molecule has 2 nitrogen and oxygen atoms in total. The van der Waals surface area contributed by atoms with Crippen molar-refractivity contribution in [2.75, 3.05) is 6.54 Å². The molecule has 96 valence electrons. The molecular formula is C17H18N2. The van der Waals surface area contributed by atoms with Crippen LogP contribution in [-0.4, -0.2) is 18.3 Å². The van der Waals surface area contributed by atoms with Crippen LogP contribution in [-0.2, 0) is 0 Å². The van der Waals surface area contributed by atoms with Gasteiger partial charge in [-0.05, 0) is 37.1 Å². The molecule has 0 bridgehead atoms. The topological polar surface area (TPSA) is 24.4 Å². The van der Waals surface area contributed by atoms with Gasteiger partial charge in [0.15, 0.2) is 0 Å². The summed E-state index contributed by atoms with van der Waals surface area (Å²) in [6.07, 6.45) is 2.39. The number of para-hydroxylation sites is 1. The molecule has 0 saturated carbocycles. The van der Waals surface area contributed by atoms with Gasteiger partial charge in [0, 0.05) is 0 Å². The first-order chi connectivity index (χ1) is 9.43. The summed E-state index contributed by atoms with van der Waals surface area (Å²) in [5, 5.41) is 3.54. The standard InChI is InChI=1S/C17H18N2/c1-3-8-14(9-4-1)17(16-12-7-13-18-16)19-15-10-5-2-6-11-15/h1-6,8-11,16,18H,7,12-13H2. The molecule has 0 radical (unpaired) electrons. The molecule has 1 unspecified atom stereocenters. The third kappa shape index (κ3) is 2.91. The van der Waals surface area contributed by atoms with Crippen molar-refractivity contribution in [1.82, 2.24) is 5.32 Å². The van der Waals surface area contributed by atoms with Gasteiger partial charge in [-0.2, -0.15) is 0 Å². The van der Waals surface area contributed by atoms with Crippen LogP contribution in [0.2, 0.25) is 0 Å². The van der Waals surface area contributed by atoms with Gasteiger partial charge in [0.1, 0.15) is 0 Å². The number of aliphatic imine (C=N–C) groups is 1. The van der Waals surface area contributed by atoms with Gasteiger partial charge in [0.2, 0.25) is 0 Å². The fourth-order valence-electron chi connectivity index (χ4n) is 2.51. The molecule has 0 amide bonds. The maximum Gasteiger partial charge on any atom is 0.0652 e. The molecule has 3 rings (SSSR count). The third-order valence-corrected chi connectivity index (χ3v) is 3.47. The van der Waals surface area contributed by atoms with Gasteiger partial charge in [-0.25, -0.2) is 0 Å². The van der Waals surface area contributed by atoms with Crippen LogP contribution in [0.5, 0.6) is 0 Å². The maximum absolute atomic E-state index is 4.86. The average molecular weight is 250 g/mol. The second kappa shape index (κ2) is 5.81. The highest BCUT2D eigenvalue weighted by atomic mass is 15.0. The fourth-order valence-corrected chi connectivity index (χ4v) is 2.51. The summed E-state index contributed by atoms with van der Waals surface area (Å²) >= 11 is 0. The molecule has 1 fully saturated rings. The predicted molar refractivity (Wildman–Crippen MR) is 80.1 cm³/mol. The van der Waals surface area contributed by atoms with Crippen molar-refractivity contribution in [2.45, 2.75) is 18.9 Å². The van der Waals surface area contributed by atoms with Crippen molar-refractivity contribution >= 4 is 11.4 Å². The first-order valence-electron chi connectivity index (χ1n) is 6.86. The van der Waals surface area contributed by atoms with E-state index in [1.165, 1.54) is 18.4 Å². The van der Waals surface area contributed by atoms with E-state index in [9.17, 15) is 0 Å². The van der Waals surface area contributed by atoms with Gasteiger partial charge in [-0.1, -0.05) is 48.5 Å². The molecule has 0 spiro atoms. The Morgan fingerprint density at radius 3 is 2.26 bits per heavy atom. The van der Waals surface area contributed by atoms with Gasteiger partial charge >= 0.3 is 0 Å². The van der Waals surface area contributed by atoms with E-state index in [4.69, 9.17) is 4.99 Å². The van der Waals surface area contributed by atoms with E-state index >= 15 is 0 Å². The van der Waals surface area contributed by atoms with Gasteiger partial charge in [-0.3, -0.25) is 4.99 Å². The van der Waals surface area contributed by atoms with Gasteiger partial charge < -0.3 is 5.32 Å². The van der Waals surface area contributed by atoms with Crippen molar-refractivity contribution in [1.29, 1.82) is 0 Å². The highest BCUT2D eigenvalue weighted by molar-refractivity contribution is 6.05. The highest BCUT2D eigenvalue weighted by Crippen LogP contribution is 2.18. The van der Waals surface area contributed by atoms with Gasteiger partial charge in [0.25, 0.3) is 0 Å². The molecule has 1 saturated heterocycles. The number of rotatable bonds is 3. The van der Waals surface area contributed by atoms with E-state index < -0.39 is 0 Å². The molecule has 1 N–H and O–H groups in total. The van der Waals surface area contributed by atoms with Crippen molar-refractivity contribution < 1.29 is 0 Å². The van der Waals surface area contributed by atoms with E-state index in [-0.39, 0.29) is 0 Å². The van der Waals surface area contributed by atoms with Crippen LogP contribution in [0.25, 0.3) is 0 Å². The van der Waals surface area contributed by atoms with Crippen molar-refractivity contribution in [2.24, 2.45) is 4.99 Å². The molecule has 2 heteroatoms. The lowest BCUT2D eigenvalue weighted by Gasteiger charge is -2.14. The normalized spacial score (nSPS) is 19.6. The third-order valence-electron chi connectivity index (χ3n) is 3.47. The van der Waals surface area contributed by atoms with Crippen LogP contribution in [0.1, 0.15) is 18.4 Å². The summed E-state index contributed by atoms with van der Waals surface area (Å²) in [7, 11) is 0. The number of nitrogens with one attached hydrogen (secondary N) is 1. The summed E-state index contributed by atoms with van der Waals surface area (Å²) in [6, 6.07) is 21.0. The summed E-state index contributed by atoms with van der Waals surface area (Å²) in [4.78, 5) is 4.86. The minimum atomic E-state index is 0.377. The van der Waals surface area contributed by atoms with Crippen LogP contribution in [0, 0.1) is 0 Å². The lowest BCUT2D eigenvalue weighted by atomic mass is 10.0. The van der Waals surface area contributed by atoms with Crippen LogP contribution >= 0.6 is 0 Å². The second-order valence-corrected chi connectivity index (χ2v) is 4.85. The van der Waals surface area contributed by atoms with E-state index in [1.807, 2.05) is 24.3 Å². The van der Waals surface area contributed by atoms with Crippen molar-refractivity contribution in [3.63, 3.8) is 0 Å². The largest absolute Gasteiger partial charge is 0.309 e. The zero-order valence-corrected chi connectivity index (χ0v) is 10.9. The van der Waals surface area contributed by atoms with E-state index in [0.29, 0.717) is 6.04 Å². The Morgan fingerprint density at radius 2 is 1.63 bits per heavy atom. The highest BCUT2D eigenvalue weighted by Gasteiger charge is 2.21. The van der Waals surface area contributed by atoms with Crippen LogP contribution in [0.4, 0.5) is 5.69 Å². The Labute approximate surface area is 114 Å². The Morgan fingerprint density at radius 1 is 0.947 bits per heavy atom. The summed E-state index contributed by atoms with van der Waals surface area (Å²) < 4.78 is 0. The average Bonchev–Trinajstić information content (AvgIpc) is 3.01. The van der Waals surface area contributed by atoms with Crippen LogP contribution < -0.4 is 5.32 Å². The lowest BCUT2D eigenvalue weighted by Crippen LogP contribution is -2.31. The molecule has 19 heavy (non-hydrogen) atoms. The Kier molecular flexibility index (Phi) is 3.70. The van der Waals surface area contributed by atoms with E-state index in [0.717, 1.165) is 17.9 Å². The zero-order valence-electron chi connectivity index (χ0n) is 10.9. The Balaban J connectivity index is 1.99. The fraction of sp³-hybridized carbons (Fsp3) is 0.235. The molecular weight excluding hydrogens is 232 g/mol. The van der Waals surface area contributed by atoms with Gasteiger partial charge in [0.05, 0.1) is 17.4 Å². The van der Waals surface area contributed by atoms with Crippen molar-refractivity contribution in [3.05, 3.63) is 66.2 Å². The second-order valence-electron chi connectivity index (χ2n) is 4.85. The smallest absolute Gasteiger partial charge is 0.0652 e. The van der Waals surface area contributed by atoms with E-state index in [2.05, 4.69) is 41.7 Å². The van der Waals surface area contributed by atoms with E-state index in [1.54, 1.807) is 0 Å². The molecule has 1 aliphatic rings. The van der Waals surface area contributed by atoms with Crippen LogP contribution in [0.15, 0.2) is 65.7 Å². The number of benzene rings is 2. The summed E-state index contributed by atoms with van der Waals surface area (Å²) in [5.74, 6) is 0. The summed E-state index contributed by atoms with van der Waals surface area (Å²) in [6.45, 7) is 1.09. The first kappa shape index (κ1) is 12.1. The monoisotopic (exact) mass is 250 g/mol. The molecule has 2 aromatic carbocycles. The number of nitrogens with zero attached hydrogens (tertiary/aromatic N) is 1. The Hall–Kier alpha value is -1.93. The molecule has 2 aromatic rings. The molecule has 1 aliphatic heterocycles. The predicted octanol–water partition coefficient (Wildman–Crippen LogP) is 3.56. The molecule has 0 aromatic heterocycles. The van der Waals surface area contributed by atoms with Crippen LogP contribution in [0.3, 0.4) is 0 Å². The van der Waals surface area contributed by atoms with Gasteiger partial charge in [-0.15, -0.1) is 0 Å². The maximum atomic E-state index is 4.86. The molecule has 1 heterocycles. The first-order valence-corrected chi connectivity index (χ1v) is 6.86. The Bertz CT molecular complexity index is 540. The molecule has 1 atom stereocenters. The number of hydrogen-bond donors (Lipinski definition) is 1.